The molecule has 0 saturated heterocycles. The van der Waals surface area contributed by atoms with Crippen molar-refractivity contribution in [2.45, 2.75) is 46.5 Å². The van der Waals surface area contributed by atoms with Crippen molar-refractivity contribution in [2.75, 3.05) is 5.32 Å². The maximum atomic E-state index is 12.3. The number of hydrogen-bond donors (Lipinski definition) is 2. The largest absolute Gasteiger partial charge is 0.326 e. The smallest absolute Gasteiger partial charge is 0.228 e. The number of para-hydroxylation sites is 1. The maximum absolute atomic E-state index is 12.3. The quantitative estimate of drug-likeness (QED) is 0.906. The third-order valence-electron chi connectivity index (χ3n) is 3.63. The Bertz CT molecular complexity index is 631. The molecule has 112 valence electrons. The van der Waals surface area contributed by atoms with Crippen molar-refractivity contribution in [2.24, 2.45) is 0 Å². The molecule has 1 aromatic carbocycles. The molecule has 0 aliphatic heterocycles. The lowest BCUT2D eigenvalue weighted by molar-refractivity contribution is -0.115. The van der Waals surface area contributed by atoms with Gasteiger partial charge in [-0.15, -0.1) is 0 Å². The number of amides is 1. The summed E-state index contributed by atoms with van der Waals surface area (Å²) in [6.07, 6.45) is 0.340. The third kappa shape index (κ3) is 3.51. The Labute approximate surface area is 126 Å². The molecule has 4 heteroatoms. The normalized spacial score (nSPS) is 11.5. The number of H-pyrrole nitrogens is 1. The Morgan fingerprint density at radius 3 is 2.48 bits per heavy atom. The number of carbonyl (C=O) groups excluding carboxylic acids is 1. The van der Waals surface area contributed by atoms with E-state index in [1.165, 1.54) is 0 Å². The van der Waals surface area contributed by atoms with Crippen LogP contribution in [0.5, 0.6) is 0 Å². The van der Waals surface area contributed by atoms with Crippen molar-refractivity contribution in [3.05, 3.63) is 46.8 Å². The summed E-state index contributed by atoms with van der Waals surface area (Å²) in [4.78, 5) is 12.3. The zero-order valence-electron chi connectivity index (χ0n) is 13.4. The van der Waals surface area contributed by atoms with E-state index in [0.717, 1.165) is 28.2 Å². The molecule has 21 heavy (non-hydrogen) atoms. The first-order valence-corrected chi connectivity index (χ1v) is 7.19. The molecule has 0 bridgehead atoms. The summed E-state index contributed by atoms with van der Waals surface area (Å²) in [5, 5.41) is 10.1. The number of nitrogens with zero attached hydrogens (tertiary/aromatic N) is 1. The first-order chi connectivity index (χ1) is 9.79. The fraction of sp³-hybridized carbons (Fsp3) is 0.412. The molecule has 0 saturated carbocycles. The lowest BCUT2D eigenvalue weighted by Crippen LogP contribution is -2.20. The Hall–Kier alpha value is -2.10. The number of anilines is 1. The number of benzene rings is 1. The van der Waals surface area contributed by atoms with E-state index in [0.29, 0.717) is 6.42 Å². The number of aromatic amines is 1. The van der Waals surface area contributed by atoms with Gasteiger partial charge in [-0.3, -0.25) is 9.89 Å². The number of aromatic nitrogens is 2. The maximum Gasteiger partial charge on any atom is 0.228 e. The molecular formula is C17H23N3O. The summed E-state index contributed by atoms with van der Waals surface area (Å²) in [6, 6.07) is 7.96. The molecule has 1 aromatic heterocycles. The first kappa shape index (κ1) is 15.3. The van der Waals surface area contributed by atoms with Gasteiger partial charge in [-0.1, -0.05) is 39.0 Å². The first-order valence-electron chi connectivity index (χ1n) is 7.19. The molecule has 0 aliphatic carbocycles. The molecule has 2 rings (SSSR count). The van der Waals surface area contributed by atoms with Gasteiger partial charge in [0, 0.05) is 16.9 Å². The van der Waals surface area contributed by atoms with E-state index < -0.39 is 0 Å². The molecule has 0 unspecified atom stereocenters. The van der Waals surface area contributed by atoms with E-state index in [-0.39, 0.29) is 11.3 Å². The van der Waals surface area contributed by atoms with Crippen LogP contribution in [0.25, 0.3) is 0 Å². The molecule has 2 aromatic rings. The van der Waals surface area contributed by atoms with Crippen LogP contribution in [0.2, 0.25) is 0 Å². The third-order valence-corrected chi connectivity index (χ3v) is 3.63. The summed E-state index contributed by atoms with van der Waals surface area (Å²) in [7, 11) is 0. The molecule has 0 fully saturated rings. The van der Waals surface area contributed by atoms with Crippen LogP contribution in [0.4, 0.5) is 5.69 Å². The Morgan fingerprint density at radius 2 is 1.90 bits per heavy atom. The van der Waals surface area contributed by atoms with Crippen LogP contribution < -0.4 is 5.32 Å². The predicted octanol–water partition coefficient (Wildman–Crippen LogP) is 3.51. The summed E-state index contributed by atoms with van der Waals surface area (Å²) in [6.45, 7) is 10.3. The molecule has 0 radical (unpaired) electrons. The fourth-order valence-electron chi connectivity index (χ4n) is 2.44. The van der Waals surface area contributed by atoms with Crippen LogP contribution in [-0.4, -0.2) is 16.1 Å². The van der Waals surface area contributed by atoms with Crippen molar-refractivity contribution in [3.8, 4) is 0 Å². The number of hydrogen-bond acceptors (Lipinski definition) is 2. The standard InChI is InChI=1S/C17H23N3O/c1-11-13(12(2)20-19-11)10-16(21)18-15-9-7-6-8-14(15)17(3,4)5/h6-9H,10H2,1-5H3,(H,18,21)(H,19,20). The highest BCUT2D eigenvalue weighted by atomic mass is 16.1. The van der Waals surface area contributed by atoms with Gasteiger partial charge in [0.25, 0.3) is 0 Å². The molecule has 0 aliphatic rings. The highest BCUT2D eigenvalue weighted by Gasteiger charge is 2.19. The summed E-state index contributed by atoms with van der Waals surface area (Å²) < 4.78 is 0. The van der Waals surface area contributed by atoms with Crippen LogP contribution in [0.1, 0.15) is 43.3 Å². The molecule has 4 nitrogen and oxygen atoms in total. The van der Waals surface area contributed by atoms with Gasteiger partial charge < -0.3 is 5.32 Å². The second kappa shape index (κ2) is 5.72. The van der Waals surface area contributed by atoms with Gasteiger partial charge in [-0.05, 0) is 30.9 Å². The van der Waals surface area contributed by atoms with Crippen molar-refractivity contribution >= 4 is 11.6 Å². The average molecular weight is 285 g/mol. The second-order valence-corrected chi connectivity index (χ2v) is 6.43. The fourth-order valence-corrected chi connectivity index (χ4v) is 2.44. The van der Waals surface area contributed by atoms with Crippen molar-refractivity contribution in [3.63, 3.8) is 0 Å². The van der Waals surface area contributed by atoms with E-state index >= 15 is 0 Å². The SMILES string of the molecule is Cc1n[nH]c(C)c1CC(=O)Nc1ccccc1C(C)(C)C. The van der Waals surface area contributed by atoms with Gasteiger partial charge in [0.05, 0.1) is 12.1 Å². The summed E-state index contributed by atoms with van der Waals surface area (Å²) in [5.74, 6) is -0.0145. The summed E-state index contributed by atoms with van der Waals surface area (Å²) >= 11 is 0. The lowest BCUT2D eigenvalue weighted by Gasteiger charge is -2.23. The van der Waals surface area contributed by atoms with E-state index in [4.69, 9.17) is 0 Å². The monoisotopic (exact) mass is 285 g/mol. The lowest BCUT2D eigenvalue weighted by atomic mass is 9.86. The Morgan fingerprint density at radius 1 is 1.24 bits per heavy atom. The highest BCUT2D eigenvalue weighted by Crippen LogP contribution is 2.29. The van der Waals surface area contributed by atoms with Crippen molar-refractivity contribution < 1.29 is 4.79 Å². The van der Waals surface area contributed by atoms with Crippen LogP contribution in [-0.2, 0) is 16.6 Å². The second-order valence-electron chi connectivity index (χ2n) is 6.43. The topological polar surface area (TPSA) is 57.8 Å². The highest BCUT2D eigenvalue weighted by molar-refractivity contribution is 5.93. The van der Waals surface area contributed by atoms with E-state index in [2.05, 4.69) is 42.4 Å². The van der Waals surface area contributed by atoms with Crippen LogP contribution in [0.15, 0.2) is 24.3 Å². The van der Waals surface area contributed by atoms with Crippen LogP contribution in [0.3, 0.4) is 0 Å². The summed E-state index contributed by atoms with van der Waals surface area (Å²) in [5.41, 5.74) is 4.82. The van der Waals surface area contributed by atoms with Gasteiger partial charge in [-0.25, -0.2) is 0 Å². The van der Waals surface area contributed by atoms with Gasteiger partial charge in [0.1, 0.15) is 0 Å². The van der Waals surface area contributed by atoms with Gasteiger partial charge in [-0.2, -0.15) is 5.10 Å². The molecule has 0 spiro atoms. The van der Waals surface area contributed by atoms with E-state index in [1.54, 1.807) is 0 Å². The van der Waals surface area contributed by atoms with Gasteiger partial charge >= 0.3 is 0 Å². The molecule has 0 atom stereocenters. The average Bonchev–Trinajstić information content (AvgIpc) is 2.70. The van der Waals surface area contributed by atoms with E-state index in [1.807, 2.05) is 32.0 Å². The zero-order valence-corrected chi connectivity index (χ0v) is 13.4. The van der Waals surface area contributed by atoms with Crippen LogP contribution >= 0.6 is 0 Å². The van der Waals surface area contributed by atoms with Crippen molar-refractivity contribution in [1.29, 1.82) is 0 Å². The number of nitrogens with one attached hydrogen (secondary N) is 2. The molecular weight excluding hydrogens is 262 g/mol. The number of carbonyl (C=O) groups is 1. The Balaban J connectivity index is 2.18. The molecule has 1 amide bonds. The van der Waals surface area contributed by atoms with E-state index in [9.17, 15) is 4.79 Å². The predicted molar refractivity (Wildman–Crippen MR) is 85.5 cm³/mol. The number of aryl methyl sites for hydroxylation is 2. The Kier molecular flexibility index (Phi) is 4.16. The minimum absolute atomic E-state index is 0.00858. The van der Waals surface area contributed by atoms with Crippen LogP contribution in [0, 0.1) is 13.8 Å². The van der Waals surface area contributed by atoms with Gasteiger partial charge in [0.2, 0.25) is 5.91 Å². The molecule has 2 N–H and O–H groups in total. The van der Waals surface area contributed by atoms with Gasteiger partial charge in [0.15, 0.2) is 0 Å². The molecule has 1 heterocycles. The zero-order chi connectivity index (χ0) is 15.6. The van der Waals surface area contributed by atoms with Crippen molar-refractivity contribution in [1.82, 2.24) is 10.2 Å². The number of rotatable bonds is 3. The minimum atomic E-state index is -0.0145. The minimum Gasteiger partial charge on any atom is -0.326 e.